The minimum atomic E-state index is -1.20. The Kier molecular flexibility index (Phi) is 4.72. The van der Waals surface area contributed by atoms with Crippen LogP contribution in [-0.4, -0.2) is 28.6 Å². The second-order valence-electron chi connectivity index (χ2n) is 3.03. The van der Waals surface area contributed by atoms with E-state index in [4.69, 9.17) is 21.4 Å². The highest BCUT2D eigenvalue weighted by Gasteiger charge is 2.08. The molecular formula is C10H10ClNO4. The smallest absolute Gasteiger partial charge is 0.317 e. The van der Waals surface area contributed by atoms with Gasteiger partial charge in [0, 0.05) is 12.6 Å². The van der Waals surface area contributed by atoms with Gasteiger partial charge in [0.15, 0.2) is 0 Å². The van der Waals surface area contributed by atoms with Crippen LogP contribution >= 0.6 is 11.6 Å². The van der Waals surface area contributed by atoms with Crippen molar-refractivity contribution in [3.63, 3.8) is 0 Å². The number of aromatic nitrogens is 1. The highest BCUT2D eigenvalue weighted by molar-refractivity contribution is 6.29. The fraction of sp³-hybridized carbons (Fsp3) is 0.300. The van der Waals surface area contributed by atoms with Gasteiger partial charge in [-0.25, -0.2) is 4.98 Å². The lowest BCUT2D eigenvalue weighted by atomic mass is 10.2. The van der Waals surface area contributed by atoms with Crippen molar-refractivity contribution in [2.24, 2.45) is 0 Å². The zero-order chi connectivity index (χ0) is 12.0. The zero-order valence-corrected chi connectivity index (χ0v) is 9.11. The van der Waals surface area contributed by atoms with Gasteiger partial charge in [0.1, 0.15) is 11.6 Å². The number of carboxylic acid groups (broad SMARTS) is 1. The molecule has 16 heavy (non-hydrogen) atoms. The quantitative estimate of drug-likeness (QED) is 0.479. The Hall–Kier alpha value is -1.62. The maximum atomic E-state index is 10.9. The van der Waals surface area contributed by atoms with E-state index >= 15 is 0 Å². The molecule has 0 aromatic carbocycles. The average Bonchev–Trinajstić information content (AvgIpc) is 2.16. The molecule has 0 aliphatic heterocycles. The largest absolute Gasteiger partial charge is 0.481 e. The minimum Gasteiger partial charge on any atom is -0.481 e. The van der Waals surface area contributed by atoms with Crippen molar-refractivity contribution in [3.05, 3.63) is 29.0 Å². The first-order chi connectivity index (χ1) is 7.58. The lowest BCUT2D eigenvalue weighted by Gasteiger charge is -2.03. The molecule has 0 unspecified atom stereocenters. The van der Waals surface area contributed by atoms with Gasteiger partial charge in [-0.1, -0.05) is 11.6 Å². The molecular weight excluding hydrogens is 234 g/mol. The standard InChI is InChI=1S/C10H10ClNO4/c11-8-5-7(1-3-12-8)2-4-16-10(15)6-9(13)14/h1,3,5H,2,4,6H2,(H,13,14). The van der Waals surface area contributed by atoms with Gasteiger partial charge < -0.3 is 9.84 Å². The summed E-state index contributed by atoms with van der Waals surface area (Å²) in [6.07, 6.45) is 1.42. The molecule has 1 N–H and O–H groups in total. The Labute approximate surface area is 97.0 Å². The number of carbonyl (C=O) groups is 2. The number of halogens is 1. The van der Waals surface area contributed by atoms with E-state index < -0.39 is 18.4 Å². The third-order valence-corrected chi connectivity index (χ3v) is 1.95. The lowest BCUT2D eigenvalue weighted by molar-refractivity contribution is -0.151. The summed E-state index contributed by atoms with van der Waals surface area (Å²) in [5, 5.41) is 8.68. The fourth-order valence-corrected chi connectivity index (χ4v) is 1.25. The first kappa shape index (κ1) is 12.4. The highest BCUT2D eigenvalue weighted by atomic mass is 35.5. The van der Waals surface area contributed by atoms with Crippen LogP contribution in [0.4, 0.5) is 0 Å². The predicted molar refractivity (Wildman–Crippen MR) is 56.2 cm³/mol. The van der Waals surface area contributed by atoms with E-state index in [0.29, 0.717) is 11.6 Å². The molecule has 86 valence electrons. The molecule has 5 nitrogen and oxygen atoms in total. The first-order valence-electron chi connectivity index (χ1n) is 4.56. The van der Waals surface area contributed by atoms with Gasteiger partial charge in [0.2, 0.25) is 0 Å². The van der Waals surface area contributed by atoms with Crippen LogP contribution < -0.4 is 0 Å². The summed E-state index contributed by atoms with van der Waals surface area (Å²) in [5.41, 5.74) is 0.878. The molecule has 0 fully saturated rings. The number of hydrogen-bond acceptors (Lipinski definition) is 4. The van der Waals surface area contributed by atoms with E-state index in [-0.39, 0.29) is 6.61 Å². The second kappa shape index (κ2) is 6.07. The summed E-state index contributed by atoms with van der Waals surface area (Å²) in [7, 11) is 0. The summed E-state index contributed by atoms with van der Waals surface area (Å²) in [6.45, 7) is 0.131. The Morgan fingerprint density at radius 2 is 2.25 bits per heavy atom. The molecule has 0 spiro atoms. The highest BCUT2D eigenvalue weighted by Crippen LogP contribution is 2.07. The summed E-state index contributed by atoms with van der Waals surface area (Å²) in [6, 6.07) is 3.41. The number of nitrogens with zero attached hydrogens (tertiary/aromatic N) is 1. The van der Waals surface area contributed by atoms with Crippen molar-refractivity contribution < 1.29 is 19.4 Å². The number of rotatable bonds is 5. The topological polar surface area (TPSA) is 76.5 Å². The monoisotopic (exact) mass is 243 g/mol. The number of aliphatic carboxylic acids is 1. The van der Waals surface area contributed by atoms with Gasteiger partial charge in [0.05, 0.1) is 6.61 Å². The van der Waals surface area contributed by atoms with E-state index in [9.17, 15) is 9.59 Å². The summed E-state index contributed by atoms with van der Waals surface area (Å²) in [4.78, 5) is 24.8. The number of esters is 1. The lowest BCUT2D eigenvalue weighted by Crippen LogP contribution is -2.12. The van der Waals surface area contributed by atoms with Gasteiger partial charge in [-0.05, 0) is 17.7 Å². The molecule has 0 atom stereocenters. The van der Waals surface area contributed by atoms with Crippen LogP contribution in [-0.2, 0) is 20.7 Å². The van der Waals surface area contributed by atoms with Gasteiger partial charge in [-0.3, -0.25) is 9.59 Å². The van der Waals surface area contributed by atoms with E-state index in [1.54, 1.807) is 18.3 Å². The Morgan fingerprint density at radius 3 is 2.88 bits per heavy atom. The number of carboxylic acids is 1. The van der Waals surface area contributed by atoms with Crippen molar-refractivity contribution in [3.8, 4) is 0 Å². The number of ether oxygens (including phenoxy) is 1. The van der Waals surface area contributed by atoms with Crippen LogP contribution in [0.25, 0.3) is 0 Å². The summed E-state index contributed by atoms with van der Waals surface area (Å²) < 4.78 is 4.71. The number of hydrogen-bond donors (Lipinski definition) is 1. The van der Waals surface area contributed by atoms with Crippen LogP contribution in [0.1, 0.15) is 12.0 Å². The molecule has 0 aliphatic carbocycles. The zero-order valence-electron chi connectivity index (χ0n) is 8.35. The molecule has 1 aromatic heterocycles. The van der Waals surface area contributed by atoms with E-state index in [2.05, 4.69) is 4.98 Å². The first-order valence-corrected chi connectivity index (χ1v) is 4.93. The predicted octanol–water partition coefficient (Wildman–Crippen LogP) is 1.30. The maximum absolute atomic E-state index is 10.9. The molecule has 0 saturated heterocycles. The van der Waals surface area contributed by atoms with Crippen LogP contribution in [0.2, 0.25) is 5.15 Å². The fourth-order valence-electron chi connectivity index (χ4n) is 1.06. The Bertz CT molecular complexity index is 394. The molecule has 0 saturated carbocycles. The van der Waals surface area contributed by atoms with E-state index in [1.807, 2.05) is 0 Å². The molecule has 0 aliphatic rings. The Balaban J connectivity index is 2.30. The van der Waals surface area contributed by atoms with E-state index in [1.165, 1.54) is 0 Å². The number of pyridine rings is 1. The van der Waals surface area contributed by atoms with E-state index in [0.717, 1.165) is 5.56 Å². The second-order valence-corrected chi connectivity index (χ2v) is 3.42. The third-order valence-electron chi connectivity index (χ3n) is 1.74. The van der Waals surface area contributed by atoms with Gasteiger partial charge in [-0.2, -0.15) is 0 Å². The van der Waals surface area contributed by atoms with Crippen LogP contribution in [0.3, 0.4) is 0 Å². The number of carbonyl (C=O) groups excluding carboxylic acids is 1. The van der Waals surface area contributed by atoms with Crippen molar-refractivity contribution >= 4 is 23.5 Å². The third kappa shape index (κ3) is 4.75. The molecule has 0 amide bonds. The van der Waals surface area contributed by atoms with Crippen molar-refractivity contribution in [2.75, 3.05) is 6.61 Å². The van der Waals surface area contributed by atoms with Crippen LogP contribution in [0, 0.1) is 0 Å². The van der Waals surface area contributed by atoms with Gasteiger partial charge in [-0.15, -0.1) is 0 Å². The van der Waals surface area contributed by atoms with Crippen molar-refractivity contribution in [1.82, 2.24) is 4.98 Å². The Morgan fingerprint density at radius 1 is 1.50 bits per heavy atom. The molecule has 0 bridgehead atoms. The normalized spacial score (nSPS) is 9.81. The molecule has 1 rings (SSSR count). The van der Waals surface area contributed by atoms with Gasteiger partial charge in [0.25, 0.3) is 0 Å². The van der Waals surface area contributed by atoms with Crippen LogP contribution in [0.15, 0.2) is 18.3 Å². The van der Waals surface area contributed by atoms with Gasteiger partial charge >= 0.3 is 11.9 Å². The van der Waals surface area contributed by atoms with Crippen molar-refractivity contribution in [2.45, 2.75) is 12.8 Å². The summed E-state index contributed by atoms with van der Waals surface area (Å²) in [5.74, 6) is -1.94. The molecule has 6 heteroatoms. The maximum Gasteiger partial charge on any atom is 0.317 e. The molecule has 1 aromatic rings. The van der Waals surface area contributed by atoms with Crippen LogP contribution in [0.5, 0.6) is 0 Å². The van der Waals surface area contributed by atoms with Crippen molar-refractivity contribution in [1.29, 1.82) is 0 Å². The molecule has 0 radical (unpaired) electrons. The minimum absolute atomic E-state index is 0.131. The molecule has 1 heterocycles. The SMILES string of the molecule is O=C(O)CC(=O)OCCc1ccnc(Cl)c1. The summed E-state index contributed by atoms with van der Waals surface area (Å²) >= 11 is 5.66. The average molecular weight is 244 g/mol.